The fraction of sp³-hybridized carbons (Fsp3) is 0.263. The van der Waals surface area contributed by atoms with Gasteiger partial charge in [-0.15, -0.1) is 0 Å². The second-order valence-electron chi connectivity index (χ2n) is 5.94. The van der Waals surface area contributed by atoms with Gasteiger partial charge in [0.05, 0.1) is 12.2 Å². The molecule has 0 radical (unpaired) electrons. The van der Waals surface area contributed by atoms with Crippen molar-refractivity contribution < 1.29 is 9.53 Å². The summed E-state index contributed by atoms with van der Waals surface area (Å²) in [7, 11) is 0. The van der Waals surface area contributed by atoms with Crippen molar-refractivity contribution in [3.63, 3.8) is 0 Å². The van der Waals surface area contributed by atoms with Gasteiger partial charge < -0.3 is 10.1 Å². The van der Waals surface area contributed by atoms with E-state index in [9.17, 15) is 4.79 Å². The van der Waals surface area contributed by atoms with Gasteiger partial charge in [0.2, 0.25) is 0 Å². The zero-order chi connectivity index (χ0) is 18.2. The Hall–Kier alpha value is -1.92. The molecule has 132 valence electrons. The summed E-state index contributed by atoms with van der Waals surface area (Å²) in [5.41, 5.74) is 1.31. The standard InChI is InChI=1S/C19H21BrN2O2S/c1-13(2)11-12-24-15-9-7-14(8-10-15)21-19(25)22-18(23)16-5-3-4-6-17(16)20/h3-10,13H,11-12H2,1-2H3,(H2,21,22,23,25). The molecule has 2 aromatic carbocycles. The van der Waals surface area contributed by atoms with Crippen LogP contribution in [-0.2, 0) is 0 Å². The van der Waals surface area contributed by atoms with Crippen molar-refractivity contribution in [2.24, 2.45) is 5.92 Å². The number of halogens is 1. The Morgan fingerprint density at radius 2 is 1.84 bits per heavy atom. The van der Waals surface area contributed by atoms with Gasteiger partial charge in [0.1, 0.15) is 5.75 Å². The van der Waals surface area contributed by atoms with Crippen LogP contribution in [0.1, 0.15) is 30.6 Å². The van der Waals surface area contributed by atoms with Crippen molar-refractivity contribution in [3.8, 4) is 5.75 Å². The number of hydrogen-bond donors (Lipinski definition) is 2. The van der Waals surface area contributed by atoms with E-state index in [-0.39, 0.29) is 11.0 Å². The molecule has 25 heavy (non-hydrogen) atoms. The topological polar surface area (TPSA) is 50.4 Å². The highest BCUT2D eigenvalue weighted by atomic mass is 79.9. The predicted molar refractivity (Wildman–Crippen MR) is 109 cm³/mol. The van der Waals surface area contributed by atoms with Crippen LogP contribution >= 0.6 is 28.1 Å². The average Bonchev–Trinajstić information content (AvgIpc) is 2.56. The zero-order valence-electron chi connectivity index (χ0n) is 14.2. The summed E-state index contributed by atoms with van der Waals surface area (Å²) in [6.07, 6.45) is 1.02. The smallest absolute Gasteiger partial charge is 0.258 e. The maximum absolute atomic E-state index is 12.2. The van der Waals surface area contributed by atoms with E-state index in [1.165, 1.54) is 0 Å². The number of carbonyl (C=O) groups excluding carboxylic acids is 1. The largest absolute Gasteiger partial charge is 0.494 e. The quantitative estimate of drug-likeness (QED) is 0.645. The molecule has 2 rings (SSSR count). The Morgan fingerprint density at radius 1 is 1.16 bits per heavy atom. The first-order chi connectivity index (χ1) is 12.0. The lowest BCUT2D eigenvalue weighted by molar-refractivity contribution is 0.0977. The summed E-state index contributed by atoms with van der Waals surface area (Å²) in [5.74, 6) is 1.17. The van der Waals surface area contributed by atoms with E-state index in [0.29, 0.717) is 18.1 Å². The Morgan fingerprint density at radius 3 is 2.48 bits per heavy atom. The van der Waals surface area contributed by atoms with E-state index >= 15 is 0 Å². The Balaban J connectivity index is 1.86. The molecule has 2 aromatic rings. The number of rotatable bonds is 6. The van der Waals surface area contributed by atoms with Crippen LogP contribution in [0.3, 0.4) is 0 Å². The minimum Gasteiger partial charge on any atom is -0.494 e. The van der Waals surface area contributed by atoms with Crippen LogP contribution in [-0.4, -0.2) is 17.6 Å². The molecule has 0 spiro atoms. The van der Waals surface area contributed by atoms with Crippen LogP contribution in [0.2, 0.25) is 0 Å². The fourth-order valence-electron chi connectivity index (χ4n) is 2.03. The maximum Gasteiger partial charge on any atom is 0.258 e. The van der Waals surface area contributed by atoms with Crippen LogP contribution in [0.4, 0.5) is 5.69 Å². The van der Waals surface area contributed by atoms with Gasteiger partial charge in [-0.25, -0.2) is 0 Å². The molecule has 0 saturated heterocycles. The third kappa shape index (κ3) is 6.48. The number of nitrogens with one attached hydrogen (secondary N) is 2. The third-order valence-corrected chi connectivity index (χ3v) is 4.32. The first-order valence-electron chi connectivity index (χ1n) is 8.05. The molecule has 0 aliphatic carbocycles. The van der Waals surface area contributed by atoms with Crippen molar-refractivity contribution in [3.05, 3.63) is 58.6 Å². The Kier molecular flexibility index (Phi) is 7.40. The first kappa shape index (κ1) is 19.4. The minimum absolute atomic E-state index is 0.245. The van der Waals surface area contributed by atoms with E-state index in [2.05, 4.69) is 40.4 Å². The van der Waals surface area contributed by atoms with Gasteiger partial charge in [-0.05, 0) is 76.9 Å². The van der Waals surface area contributed by atoms with E-state index < -0.39 is 0 Å². The van der Waals surface area contributed by atoms with Gasteiger partial charge in [-0.2, -0.15) is 0 Å². The molecule has 2 N–H and O–H groups in total. The molecular formula is C19H21BrN2O2S. The molecule has 0 aromatic heterocycles. The normalized spacial score (nSPS) is 10.4. The molecule has 4 nitrogen and oxygen atoms in total. The highest BCUT2D eigenvalue weighted by Gasteiger charge is 2.10. The summed E-state index contributed by atoms with van der Waals surface area (Å²) >= 11 is 8.55. The summed E-state index contributed by atoms with van der Waals surface area (Å²) < 4.78 is 6.40. The summed E-state index contributed by atoms with van der Waals surface area (Å²) in [4.78, 5) is 12.2. The molecule has 6 heteroatoms. The highest BCUT2D eigenvalue weighted by Crippen LogP contribution is 2.17. The third-order valence-electron chi connectivity index (χ3n) is 3.42. The summed E-state index contributed by atoms with van der Waals surface area (Å²) in [6.45, 7) is 5.03. The minimum atomic E-state index is -0.265. The maximum atomic E-state index is 12.2. The van der Waals surface area contributed by atoms with Crippen LogP contribution in [0.5, 0.6) is 5.75 Å². The summed E-state index contributed by atoms with van der Waals surface area (Å²) in [5, 5.41) is 5.90. The van der Waals surface area contributed by atoms with Gasteiger partial charge in [0.15, 0.2) is 5.11 Å². The zero-order valence-corrected chi connectivity index (χ0v) is 16.6. The van der Waals surface area contributed by atoms with Crippen LogP contribution < -0.4 is 15.4 Å². The second-order valence-corrected chi connectivity index (χ2v) is 7.21. The predicted octanol–water partition coefficient (Wildman–Crippen LogP) is 5.00. The van der Waals surface area contributed by atoms with E-state index in [4.69, 9.17) is 17.0 Å². The second kappa shape index (κ2) is 9.53. The monoisotopic (exact) mass is 420 g/mol. The summed E-state index contributed by atoms with van der Waals surface area (Å²) in [6, 6.07) is 14.7. The molecule has 1 amide bonds. The molecule has 0 heterocycles. The first-order valence-corrected chi connectivity index (χ1v) is 9.25. The fourth-order valence-corrected chi connectivity index (χ4v) is 2.70. The SMILES string of the molecule is CC(C)CCOc1ccc(NC(=S)NC(=O)c2ccccc2Br)cc1. The van der Waals surface area contributed by atoms with Gasteiger partial charge in [0, 0.05) is 10.2 Å². The lowest BCUT2D eigenvalue weighted by Gasteiger charge is -2.12. The molecule has 0 aliphatic heterocycles. The van der Waals surface area contributed by atoms with Crippen molar-refractivity contribution in [1.82, 2.24) is 5.32 Å². The van der Waals surface area contributed by atoms with Crippen molar-refractivity contribution in [1.29, 1.82) is 0 Å². The molecule has 0 unspecified atom stereocenters. The van der Waals surface area contributed by atoms with Crippen molar-refractivity contribution in [2.45, 2.75) is 20.3 Å². The van der Waals surface area contributed by atoms with Crippen molar-refractivity contribution >= 4 is 44.9 Å². The molecule has 0 aliphatic rings. The van der Waals surface area contributed by atoms with E-state index in [0.717, 1.165) is 22.3 Å². The number of anilines is 1. The Bertz CT molecular complexity index is 732. The van der Waals surface area contributed by atoms with E-state index in [1.54, 1.807) is 12.1 Å². The number of ether oxygens (including phenoxy) is 1. The van der Waals surface area contributed by atoms with Gasteiger partial charge >= 0.3 is 0 Å². The van der Waals surface area contributed by atoms with Gasteiger partial charge in [-0.1, -0.05) is 26.0 Å². The molecule has 0 bridgehead atoms. The average molecular weight is 421 g/mol. The number of thiocarbonyl (C=S) groups is 1. The molecule has 0 atom stereocenters. The highest BCUT2D eigenvalue weighted by molar-refractivity contribution is 9.10. The van der Waals surface area contributed by atoms with Crippen LogP contribution in [0.25, 0.3) is 0 Å². The Labute approximate surface area is 162 Å². The number of benzene rings is 2. The van der Waals surface area contributed by atoms with Crippen molar-refractivity contribution in [2.75, 3.05) is 11.9 Å². The van der Waals surface area contributed by atoms with E-state index in [1.807, 2.05) is 36.4 Å². The van der Waals surface area contributed by atoms with Crippen LogP contribution in [0, 0.1) is 5.92 Å². The number of carbonyl (C=O) groups is 1. The lowest BCUT2D eigenvalue weighted by atomic mass is 10.1. The molecule has 0 saturated carbocycles. The van der Waals surface area contributed by atoms with Gasteiger partial charge in [-0.3, -0.25) is 10.1 Å². The van der Waals surface area contributed by atoms with Gasteiger partial charge in [0.25, 0.3) is 5.91 Å². The lowest BCUT2D eigenvalue weighted by Crippen LogP contribution is -2.34. The number of hydrogen-bond acceptors (Lipinski definition) is 3. The van der Waals surface area contributed by atoms with Crippen LogP contribution in [0.15, 0.2) is 53.0 Å². The number of amides is 1. The molecular weight excluding hydrogens is 400 g/mol. The molecule has 0 fully saturated rings.